The van der Waals surface area contributed by atoms with E-state index in [0.717, 1.165) is 16.7 Å². The van der Waals surface area contributed by atoms with Gasteiger partial charge in [-0.2, -0.15) is 0 Å². The van der Waals surface area contributed by atoms with Crippen molar-refractivity contribution in [2.24, 2.45) is 5.92 Å². The van der Waals surface area contributed by atoms with E-state index in [1.807, 2.05) is 30.3 Å². The van der Waals surface area contributed by atoms with Crippen molar-refractivity contribution in [2.45, 2.75) is 25.7 Å². The summed E-state index contributed by atoms with van der Waals surface area (Å²) in [6, 6.07) is 14.4. The second-order valence-electron chi connectivity index (χ2n) is 6.15. The predicted molar refractivity (Wildman–Crippen MR) is 93.2 cm³/mol. The summed E-state index contributed by atoms with van der Waals surface area (Å²) in [6.07, 6.45) is 2.02. The quantitative estimate of drug-likeness (QED) is 0.649. The Morgan fingerprint density at radius 3 is 2.56 bits per heavy atom. The van der Waals surface area contributed by atoms with Crippen molar-refractivity contribution in [3.8, 4) is 5.75 Å². The highest BCUT2D eigenvalue weighted by molar-refractivity contribution is 6.22. The predicted octanol–water partition coefficient (Wildman–Crippen LogP) is 2.65. The third-order valence-corrected chi connectivity index (χ3v) is 4.42. The smallest absolute Gasteiger partial charge is 0.237 e. The molecule has 0 bridgehead atoms. The van der Waals surface area contributed by atoms with Crippen LogP contribution in [0.3, 0.4) is 0 Å². The minimum absolute atomic E-state index is 0.120. The van der Waals surface area contributed by atoms with E-state index in [4.69, 9.17) is 0 Å². The Kier molecular flexibility index (Phi) is 4.93. The van der Waals surface area contributed by atoms with E-state index in [-0.39, 0.29) is 36.1 Å². The summed E-state index contributed by atoms with van der Waals surface area (Å²) in [6.45, 7) is 0. The minimum atomic E-state index is -0.437. The second-order valence-corrected chi connectivity index (χ2v) is 6.15. The standard InChI is InChI=1S/C20H19NO4/c22-11-5-9-15-8-4-10-17(23)19(15)21-18(24)13-16(20(21)25)12-14-6-2-1-3-7-14/h1-4,6-8,10-11,16,23H,5,9,12-13H2. The van der Waals surface area contributed by atoms with Gasteiger partial charge in [-0.05, 0) is 30.0 Å². The molecule has 0 radical (unpaired) electrons. The zero-order valence-electron chi connectivity index (χ0n) is 13.7. The van der Waals surface area contributed by atoms with E-state index in [9.17, 15) is 19.5 Å². The van der Waals surface area contributed by atoms with Gasteiger partial charge in [0.05, 0.1) is 11.6 Å². The summed E-state index contributed by atoms with van der Waals surface area (Å²) < 4.78 is 0. The number of hydrogen-bond acceptors (Lipinski definition) is 4. The molecule has 3 rings (SSSR count). The first-order valence-corrected chi connectivity index (χ1v) is 8.27. The zero-order valence-corrected chi connectivity index (χ0v) is 13.7. The first kappa shape index (κ1) is 16.9. The van der Waals surface area contributed by atoms with Crippen LogP contribution < -0.4 is 4.90 Å². The maximum atomic E-state index is 12.8. The van der Waals surface area contributed by atoms with Crippen LogP contribution in [0, 0.1) is 5.92 Å². The number of aromatic hydroxyl groups is 1. The van der Waals surface area contributed by atoms with Crippen LogP contribution in [0.2, 0.25) is 0 Å². The average molecular weight is 337 g/mol. The molecule has 25 heavy (non-hydrogen) atoms. The van der Waals surface area contributed by atoms with Gasteiger partial charge in [-0.3, -0.25) is 9.59 Å². The van der Waals surface area contributed by atoms with Crippen molar-refractivity contribution >= 4 is 23.8 Å². The molecule has 0 aliphatic carbocycles. The van der Waals surface area contributed by atoms with Crippen molar-refractivity contribution in [3.63, 3.8) is 0 Å². The third-order valence-electron chi connectivity index (χ3n) is 4.42. The van der Waals surface area contributed by atoms with Crippen molar-refractivity contribution in [1.82, 2.24) is 0 Å². The first-order chi connectivity index (χ1) is 12.1. The molecule has 1 aliphatic heterocycles. The number of benzene rings is 2. The van der Waals surface area contributed by atoms with Gasteiger partial charge in [0.25, 0.3) is 0 Å². The molecule has 1 heterocycles. The topological polar surface area (TPSA) is 74.7 Å². The number of aryl methyl sites for hydroxylation is 1. The molecule has 1 aliphatic rings. The molecule has 2 amide bonds. The number of amides is 2. The molecule has 128 valence electrons. The van der Waals surface area contributed by atoms with Gasteiger partial charge in [-0.25, -0.2) is 4.90 Å². The van der Waals surface area contributed by atoms with Gasteiger partial charge in [0.2, 0.25) is 11.8 Å². The van der Waals surface area contributed by atoms with Crippen LogP contribution in [-0.2, 0) is 27.2 Å². The molecule has 1 unspecified atom stereocenters. The lowest BCUT2D eigenvalue weighted by Gasteiger charge is -2.20. The molecule has 0 spiro atoms. The Morgan fingerprint density at radius 1 is 1.08 bits per heavy atom. The average Bonchev–Trinajstić information content (AvgIpc) is 2.88. The normalized spacial score (nSPS) is 17.1. The van der Waals surface area contributed by atoms with Crippen LogP contribution in [0.1, 0.15) is 24.0 Å². The Labute approximate surface area is 145 Å². The van der Waals surface area contributed by atoms with Crippen molar-refractivity contribution in [3.05, 3.63) is 59.7 Å². The number of carbonyl (C=O) groups is 3. The molecule has 5 nitrogen and oxygen atoms in total. The molecular formula is C20H19NO4. The summed E-state index contributed by atoms with van der Waals surface area (Å²) in [5, 5.41) is 10.2. The number of para-hydroxylation sites is 1. The van der Waals surface area contributed by atoms with Gasteiger partial charge in [-0.15, -0.1) is 0 Å². The van der Waals surface area contributed by atoms with Crippen molar-refractivity contribution in [1.29, 1.82) is 0 Å². The number of phenols is 1. The van der Waals surface area contributed by atoms with Gasteiger partial charge in [0.15, 0.2) is 0 Å². The summed E-state index contributed by atoms with van der Waals surface area (Å²) in [5.74, 6) is -1.18. The van der Waals surface area contributed by atoms with E-state index >= 15 is 0 Å². The summed E-state index contributed by atoms with van der Waals surface area (Å²) in [4.78, 5) is 37.1. The van der Waals surface area contributed by atoms with Crippen molar-refractivity contribution < 1.29 is 19.5 Å². The lowest BCUT2D eigenvalue weighted by atomic mass is 9.98. The number of imide groups is 1. The summed E-state index contributed by atoms with van der Waals surface area (Å²) in [7, 11) is 0. The van der Waals surface area contributed by atoms with Crippen LogP contribution in [0.25, 0.3) is 0 Å². The van der Waals surface area contributed by atoms with Gasteiger partial charge < -0.3 is 9.90 Å². The van der Waals surface area contributed by atoms with Gasteiger partial charge in [0, 0.05) is 12.8 Å². The number of aldehydes is 1. The van der Waals surface area contributed by atoms with E-state index in [2.05, 4.69) is 0 Å². The maximum absolute atomic E-state index is 12.8. The number of nitrogens with zero attached hydrogens (tertiary/aromatic N) is 1. The highest BCUT2D eigenvalue weighted by Crippen LogP contribution is 2.37. The van der Waals surface area contributed by atoms with Crippen molar-refractivity contribution in [2.75, 3.05) is 4.90 Å². The molecule has 0 saturated carbocycles. The van der Waals surface area contributed by atoms with E-state index in [0.29, 0.717) is 18.4 Å². The van der Waals surface area contributed by atoms with Gasteiger partial charge >= 0.3 is 0 Å². The van der Waals surface area contributed by atoms with Crippen LogP contribution in [0.15, 0.2) is 48.5 Å². The lowest BCUT2D eigenvalue weighted by molar-refractivity contribution is -0.122. The highest BCUT2D eigenvalue weighted by Gasteiger charge is 2.41. The molecule has 1 saturated heterocycles. The van der Waals surface area contributed by atoms with E-state index < -0.39 is 5.92 Å². The molecular weight excluding hydrogens is 318 g/mol. The molecule has 1 fully saturated rings. The largest absolute Gasteiger partial charge is 0.506 e. The number of hydrogen-bond donors (Lipinski definition) is 1. The summed E-state index contributed by atoms with van der Waals surface area (Å²) >= 11 is 0. The molecule has 1 atom stereocenters. The fourth-order valence-electron chi connectivity index (χ4n) is 3.24. The first-order valence-electron chi connectivity index (χ1n) is 8.27. The number of carbonyl (C=O) groups excluding carboxylic acids is 3. The Hall–Kier alpha value is -2.95. The molecule has 2 aromatic rings. The zero-order chi connectivity index (χ0) is 17.8. The van der Waals surface area contributed by atoms with E-state index in [1.165, 1.54) is 6.07 Å². The number of phenolic OH excluding ortho intramolecular Hbond substituents is 1. The fraction of sp³-hybridized carbons (Fsp3) is 0.250. The lowest BCUT2D eigenvalue weighted by Crippen LogP contribution is -2.31. The van der Waals surface area contributed by atoms with Gasteiger partial charge in [0.1, 0.15) is 12.0 Å². The molecule has 5 heteroatoms. The maximum Gasteiger partial charge on any atom is 0.237 e. The van der Waals surface area contributed by atoms with E-state index in [1.54, 1.807) is 12.1 Å². The minimum Gasteiger partial charge on any atom is -0.506 e. The van der Waals surface area contributed by atoms with Crippen LogP contribution in [0.5, 0.6) is 5.75 Å². The highest BCUT2D eigenvalue weighted by atomic mass is 16.3. The molecule has 0 aromatic heterocycles. The Balaban J connectivity index is 1.89. The molecule has 2 aromatic carbocycles. The fourth-order valence-corrected chi connectivity index (χ4v) is 3.24. The van der Waals surface area contributed by atoms with Gasteiger partial charge in [-0.1, -0.05) is 42.5 Å². The number of anilines is 1. The SMILES string of the molecule is O=CCCc1cccc(O)c1N1C(=O)CC(Cc2ccccc2)C1=O. The Morgan fingerprint density at radius 2 is 1.84 bits per heavy atom. The monoisotopic (exact) mass is 337 g/mol. The van der Waals surface area contributed by atoms with Crippen LogP contribution in [0.4, 0.5) is 5.69 Å². The Bertz CT molecular complexity index is 801. The van der Waals surface area contributed by atoms with Crippen LogP contribution >= 0.6 is 0 Å². The molecule has 1 N–H and O–H groups in total. The number of rotatable bonds is 6. The third kappa shape index (κ3) is 3.45. The van der Waals surface area contributed by atoms with Crippen LogP contribution in [-0.4, -0.2) is 23.2 Å². The summed E-state index contributed by atoms with van der Waals surface area (Å²) in [5.41, 5.74) is 1.83. The second kappa shape index (κ2) is 7.30.